The van der Waals surface area contributed by atoms with Crippen molar-refractivity contribution >= 4 is 5.91 Å². The summed E-state index contributed by atoms with van der Waals surface area (Å²) in [5.74, 6) is -0.0436. The first kappa shape index (κ1) is 15.3. The summed E-state index contributed by atoms with van der Waals surface area (Å²) >= 11 is 0. The lowest BCUT2D eigenvalue weighted by molar-refractivity contribution is -0.129. The average molecular weight is 277 g/mol. The maximum absolute atomic E-state index is 12.5. The number of rotatable bonds is 5. The predicted molar refractivity (Wildman–Crippen MR) is 79.0 cm³/mol. The fourth-order valence-corrected chi connectivity index (χ4v) is 3.12. The van der Waals surface area contributed by atoms with Gasteiger partial charge in [-0.1, -0.05) is 25.7 Å². The van der Waals surface area contributed by atoms with E-state index in [1.165, 1.54) is 12.8 Å². The maximum atomic E-state index is 12.5. The Bertz CT molecular complexity index is 376. The van der Waals surface area contributed by atoms with Gasteiger partial charge >= 0.3 is 0 Å². The van der Waals surface area contributed by atoms with E-state index in [1.54, 1.807) is 0 Å². The van der Waals surface area contributed by atoms with Gasteiger partial charge < -0.3 is 5.32 Å². The van der Waals surface area contributed by atoms with Gasteiger partial charge in [0.2, 0.25) is 5.91 Å². The lowest BCUT2D eigenvalue weighted by Crippen LogP contribution is -2.46. The minimum absolute atomic E-state index is 0.0436. The Morgan fingerprint density at radius 1 is 1.35 bits per heavy atom. The van der Waals surface area contributed by atoms with Crippen LogP contribution in [0.15, 0.2) is 0 Å². The third-order valence-electron chi connectivity index (χ3n) is 4.98. The van der Waals surface area contributed by atoms with Crippen LogP contribution in [0.25, 0.3) is 0 Å². The van der Waals surface area contributed by atoms with E-state index in [-0.39, 0.29) is 5.91 Å². The highest BCUT2D eigenvalue weighted by atomic mass is 16.2. The summed E-state index contributed by atoms with van der Waals surface area (Å²) in [4.78, 5) is 14.8. The minimum atomic E-state index is -0.769. The number of carbonyl (C=O) groups is 1. The predicted octanol–water partition coefficient (Wildman–Crippen LogP) is 2.45. The number of nitrogens with zero attached hydrogens (tertiary/aromatic N) is 2. The molecule has 1 N–H and O–H groups in total. The van der Waals surface area contributed by atoms with Crippen LogP contribution in [0.3, 0.4) is 0 Å². The molecule has 0 spiro atoms. The molecule has 112 valence electrons. The van der Waals surface area contributed by atoms with Gasteiger partial charge in [0.1, 0.15) is 5.41 Å². The standard InChI is InChI=1S/C16H27N3O/c1-13(19(2)14-7-8-14)11-18-15(20)16(12-17)9-5-3-4-6-10-16/h13-14H,3-11H2,1-2H3,(H,18,20). The lowest BCUT2D eigenvalue weighted by atomic mass is 9.81. The van der Waals surface area contributed by atoms with Crippen molar-refractivity contribution in [2.45, 2.75) is 70.4 Å². The molecule has 0 aromatic heterocycles. The van der Waals surface area contributed by atoms with E-state index in [2.05, 4.69) is 30.3 Å². The van der Waals surface area contributed by atoms with Crippen molar-refractivity contribution in [3.8, 4) is 6.07 Å². The van der Waals surface area contributed by atoms with E-state index in [0.717, 1.165) is 38.5 Å². The van der Waals surface area contributed by atoms with Crippen LogP contribution in [0.4, 0.5) is 0 Å². The van der Waals surface area contributed by atoms with Gasteiger partial charge in [-0.25, -0.2) is 0 Å². The fourth-order valence-electron chi connectivity index (χ4n) is 3.12. The zero-order chi connectivity index (χ0) is 14.6. The molecule has 0 radical (unpaired) electrons. The van der Waals surface area contributed by atoms with Crippen LogP contribution >= 0.6 is 0 Å². The maximum Gasteiger partial charge on any atom is 0.240 e. The van der Waals surface area contributed by atoms with Crippen molar-refractivity contribution in [2.24, 2.45) is 5.41 Å². The van der Waals surface area contributed by atoms with Gasteiger partial charge in [0.25, 0.3) is 0 Å². The highest BCUT2D eigenvalue weighted by Crippen LogP contribution is 2.34. The Kier molecular flexibility index (Phi) is 5.04. The Hall–Kier alpha value is -1.08. The molecular weight excluding hydrogens is 250 g/mol. The van der Waals surface area contributed by atoms with Crippen LogP contribution in [0, 0.1) is 16.7 Å². The van der Waals surface area contributed by atoms with E-state index in [1.807, 2.05) is 0 Å². The number of likely N-dealkylation sites (N-methyl/N-ethyl adjacent to an activating group) is 1. The van der Waals surface area contributed by atoms with Gasteiger partial charge in [0, 0.05) is 18.6 Å². The normalized spacial score (nSPS) is 23.7. The minimum Gasteiger partial charge on any atom is -0.353 e. The van der Waals surface area contributed by atoms with Crippen molar-refractivity contribution in [1.29, 1.82) is 5.26 Å². The van der Waals surface area contributed by atoms with E-state index in [4.69, 9.17) is 0 Å². The summed E-state index contributed by atoms with van der Waals surface area (Å²) in [5, 5.41) is 12.5. The van der Waals surface area contributed by atoms with Gasteiger partial charge in [-0.2, -0.15) is 5.26 Å². The van der Waals surface area contributed by atoms with Gasteiger partial charge in [0.15, 0.2) is 0 Å². The summed E-state index contributed by atoms with van der Waals surface area (Å²) < 4.78 is 0. The molecule has 1 unspecified atom stereocenters. The molecular formula is C16H27N3O. The lowest BCUT2D eigenvalue weighted by Gasteiger charge is -2.28. The number of hydrogen-bond acceptors (Lipinski definition) is 3. The second-order valence-electron chi connectivity index (χ2n) is 6.56. The summed E-state index contributed by atoms with van der Waals surface area (Å²) in [6.45, 7) is 2.79. The van der Waals surface area contributed by atoms with Crippen LogP contribution in [-0.4, -0.2) is 36.5 Å². The van der Waals surface area contributed by atoms with Crippen molar-refractivity contribution < 1.29 is 4.79 Å². The molecule has 1 atom stereocenters. The SMILES string of the molecule is CC(CNC(=O)C1(C#N)CCCCCC1)N(C)C1CC1. The summed E-state index contributed by atoms with van der Waals surface area (Å²) in [6.07, 6.45) is 8.30. The quantitative estimate of drug-likeness (QED) is 0.785. The molecule has 0 bridgehead atoms. The van der Waals surface area contributed by atoms with Gasteiger partial charge in [-0.3, -0.25) is 9.69 Å². The molecule has 1 amide bonds. The molecule has 0 aliphatic heterocycles. The first-order valence-corrected chi connectivity index (χ1v) is 8.00. The van der Waals surface area contributed by atoms with Crippen molar-refractivity contribution in [1.82, 2.24) is 10.2 Å². The zero-order valence-corrected chi connectivity index (χ0v) is 12.8. The van der Waals surface area contributed by atoms with E-state index >= 15 is 0 Å². The smallest absolute Gasteiger partial charge is 0.240 e. The van der Waals surface area contributed by atoms with Gasteiger partial charge in [-0.15, -0.1) is 0 Å². The molecule has 2 fully saturated rings. The number of hydrogen-bond donors (Lipinski definition) is 1. The molecule has 4 nitrogen and oxygen atoms in total. The molecule has 0 heterocycles. The number of nitriles is 1. The van der Waals surface area contributed by atoms with Gasteiger partial charge in [-0.05, 0) is 39.7 Å². The molecule has 2 rings (SSSR count). The molecule has 4 heteroatoms. The Morgan fingerprint density at radius 2 is 1.95 bits per heavy atom. The average Bonchev–Trinajstić information content (AvgIpc) is 3.29. The highest BCUT2D eigenvalue weighted by Gasteiger charge is 2.39. The molecule has 0 aromatic carbocycles. The van der Waals surface area contributed by atoms with Crippen molar-refractivity contribution in [3.63, 3.8) is 0 Å². The van der Waals surface area contributed by atoms with Crippen molar-refractivity contribution in [3.05, 3.63) is 0 Å². The molecule has 2 saturated carbocycles. The number of nitrogens with one attached hydrogen (secondary N) is 1. The largest absolute Gasteiger partial charge is 0.353 e. The Labute approximate surface area is 122 Å². The monoisotopic (exact) mass is 277 g/mol. The van der Waals surface area contributed by atoms with Crippen LogP contribution in [0.1, 0.15) is 58.3 Å². The second kappa shape index (κ2) is 6.58. The van der Waals surface area contributed by atoms with E-state index in [0.29, 0.717) is 18.6 Å². The number of amides is 1. The zero-order valence-electron chi connectivity index (χ0n) is 12.8. The Balaban J connectivity index is 1.87. The molecule has 2 aliphatic rings. The molecule has 2 aliphatic carbocycles. The second-order valence-corrected chi connectivity index (χ2v) is 6.56. The van der Waals surface area contributed by atoms with Crippen LogP contribution in [0.2, 0.25) is 0 Å². The highest BCUT2D eigenvalue weighted by molar-refractivity contribution is 5.85. The third kappa shape index (κ3) is 3.52. The first-order chi connectivity index (χ1) is 9.59. The summed E-state index contributed by atoms with van der Waals surface area (Å²) in [7, 11) is 2.13. The first-order valence-electron chi connectivity index (χ1n) is 8.00. The topological polar surface area (TPSA) is 56.1 Å². The van der Waals surface area contributed by atoms with E-state index < -0.39 is 5.41 Å². The summed E-state index contributed by atoms with van der Waals surface area (Å²) in [6, 6.07) is 3.36. The van der Waals surface area contributed by atoms with Gasteiger partial charge in [0.05, 0.1) is 6.07 Å². The van der Waals surface area contributed by atoms with Crippen LogP contribution in [0.5, 0.6) is 0 Å². The fraction of sp³-hybridized carbons (Fsp3) is 0.875. The van der Waals surface area contributed by atoms with Crippen LogP contribution in [-0.2, 0) is 4.79 Å². The van der Waals surface area contributed by atoms with E-state index in [9.17, 15) is 10.1 Å². The van der Waals surface area contributed by atoms with Crippen molar-refractivity contribution in [2.75, 3.05) is 13.6 Å². The number of carbonyl (C=O) groups excluding carboxylic acids is 1. The third-order valence-corrected chi connectivity index (χ3v) is 4.98. The molecule has 0 aromatic rings. The molecule has 0 saturated heterocycles. The Morgan fingerprint density at radius 3 is 2.45 bits per heavy atom. The summed E-state index contributed by atoms with van der Waals surface area (Å²) in [5.41, 5.74) is -0.769. The molecule has 20 heavy (non-hydrogen) atoms. The van der Waals surface area contributed by atoms with Crippen LogP contribution < -0.4 is 5.32 Å².